The highest BCUT2D eigenvalue weighted by molar-refractivity contribution is 5.77. The van der Waals surface area contributed by atoms with E-state index >= 15 is 0 Å². The fraction of sp³-hybridized carbons (Fsp3) is 0.350. The van der Waals surface area contributed by atoms with Crippen LogP contribution in [0.15, 0.2) is 36.4 Å². The summed E-state index contributed by atoms with van der Waals surface area (Å²) < 4.78 is 21.1. The van der Waals surface area contributed by atoms with Gasteiger partial charge in [0.05, 0.1) is 34.5 Å². The van der Waals surface area contributed by atoms with Gasteiger partial charge in [-0.25, -0.2) is 0 Å². The third-order valence-corrected chi connectivity index (χ3v) is 4.68. The van der Waals surface area contributed by atoms with E-state index in [1.807, 2.05) is 36.4 Å². The quantitative estimate of drug-likeness (QED) is 0.830. The van der Waals surface area contributed by atoms with E-state index in [1.54, 1.807) is 21.3 Å². The summed E-state index contributed by atoms with van der Waals surface area (Å²) in [6.07, 6.45) is 0.523. The van der Waals surface area contributed by atoms with Crippen LogP contribution in [0.1, 0.15) is 22.7 Å². The molecular formula is C20H23NO5. The Kier molecular flexibility index (Phi) is 5.32. The molecule has 0 saturated heterocycles. The Morgan fingerprint density at radius 2 is 1.62 bits per heavy atom. The second-order valence-electron chi connectivity index (χ2n) is 6.06. The Labute approximate surface area is 153 Å². The number of carbonyl (C=O) groups excluding carboxylic acids is 1. The molecule has 3 rings (SSSR count). The maximum absolute atomic E-state index is 12.2. The average molecular weight is 357 g/mol. The molecule has 1 aliphatic heterocycles. The number of fused-ring (bicyclic) bond motifs is 1. The number of hydrogen-bond donors (Lipinski definition) is 1. The minimum atomic E-state index is -0.433. The summed E-state index contributed by atoms with van der Waals surface area (Å²) in [7, 11) is 6.24. The largest absolute Gasteiger partial charge is 0.497 e. The Balaban J connectivity index is 2.08. The smallest absolute Gasteiger partial charge is 0.323 e. The lowest BCUT2D eigenvalue weighted by molar-refractivity contribution is -0.143. The monoisotopic (exact) mass is 357 g/mol. The lowest BCUT2D eigenvalue weighted by Crippen LogP contribution is -2.45. The van der Waals surface area contributed by atoms with E-state index in [4.69, 9.17) is 18.9 Å². The minimum Gasteiger partial charge on any atom is -0.497 e. The fourth-order valence-electron chi connectivity index (χ4n) is 3.32. The number of methoxy groups -OCH3 is 4. The lowest BCUT2D eigenvalue weighted by Gasteiger charge is -2.33. The van der Waals surface area contributed by atoms with Crippen molar-refractivity contribution in [1.82, 2.24) is 5.32 Å². The van der Waals surface area contributed by atoms with Crippen LogP contribution >= 0.6 is 0 Å². The normalized spacial score (nSPS) is 18.6. The number of carbonyl (C=O) groups is 1. The summed E-state index contributed by atoms with van der Waals surface area (Å²) in [5, 5.41) is 3.39. The van der Waals surface area contributed by atoms with E-state index in [-0.39, 0.29) is 12.0 Å². The molecule has 0 aliphatic carbocycles. The van der Waals surface area contributed by atoms with Crippen molar-refractivity contribution in [3.05, 3.63) is 53.1 Å². The molecule has 1 heterocycles. The number of esters is 1. The van der Waals surface area contributed by atoms with Crippen molar-refractivity contribution in [3.63, 3.8) is 0 Å². The third-order valence-electron chi connectivity index (χ3n) is 4.68. The number of benzene rings is 2. The van der Waals surface area contributed by atoms with Crippen molar-refractivity contribution in [2.24, 2.45) is 0 Å². The van der Waals surface area contributed by atoms with Gasteiger partial charge >= 0.3 is 5.97 Å². The van der Waals surface area contributed by atoms with Crippen molar-refractivity contribution in [2.75, 3.05) is 28.4 Å². The van der Waals surface area contributed by atoms with Gasteiger partial charge in [0.15, 0.2) is 11.5 Å². The van der Waals surface area contributed by atoms with Gasteiger partial charge in [-0.3, -0.25) is 10.1 Å². The molecule has 2 aromatic rings. The number of rotatable bonds is 5. The molecule has 138 valence electrons. The van der Waals surface area contributed by atoms with Gasteiger partial charge in [0.2, 0.25) is 0 Å². The molecule has 0 aromatic heterocycles. The van der Waals surface area contributed by atoms with Crippen LogP contribution in [0.4, 0.5) is 0 Å². The summed E-state index contributed by atoms with van der Waals surface area (Å²) in [6.45, 7) is 0. The summed E-state index contributed by atoms with van der Waals surface area (Å²) >= 11 is 0. The van der Waals surface area contributed by atoms with Crippen LogP contribution in [0, 0.1) is 0 Å². The molecule has 6 heteroatoms. The van der Waals surface area contributed by atoms with Gasteiger partial charge < -0.3 is 18.9 Å². The van der Waals surface area contributed by atoms with E-state index in [9.17, 15) is 4.79 Å². The van der Waals surface area contributed by atoms with Crippen LogP contribution in [0.3, 0.4) is 0 Å². The predicted octanol–water partition coefficient (Wildman–Crippen LogP) is 2.49. The lowest BCUT2D eigenvalue weighted by atomic mass is 9.86. The zero-order chi connectivity index (χ0) is 18.7. The van der Waals surface area contributed by atoms with E-state index in [2.05, 4.69) is 5.32 Å². The molecule has 0 unspecified atom stereocenters. The second-order valence-corrected chi connectivity index (χ2v) is 6.06. The number of hydrogen-bond acceptors (Lipinski definition) is 6. The Morgan fingerprint density at radius 3 is 2.19 bits per heavy atom. The van der Waals surface area contributed by atoms with Crippen LogP contribution < -0.4 is 19.5 Å². The summed E-state index contributed by atoms with van der Waals surface area (Å²) in [6, 6.07) is 11.1. The van der Waals surface area contributed by atoms with Crippen molar-refractivity contribution in [1.29, 1.82) is 0 Å². The molecule has 0 radical (unpaired) electrons. The zero-order valence-corrected chi connectivity index (χ0v) is 15.4. The first kappa shape index (κ1) is 18.1. The Morgan fingerprint density at radius 1 is 0.962 bits per heavy atom. The zero-order valence-electron chi connectivity index (χ0n) is 15.4. The van der Waals surface area contributed by atoms with Crippen LogP contribution in [0.25, 0.3) is 0 Å². The molecule has 0 saturated carbocycles. The van der Waals surface area contributed by atoms with Crippen LogP contribution in [0.2, 0.25) is 0 Å². The van der Waals surface area contributed by atoms with Gasteiger partial charge in [-0.15, -0.1) is 0 Å². The molecule has 0 bridgehead atoms. The highest BCUT2D eigenvalue weighted by atomic mass is 16.5. The molecule has 2 aromatic carbocycles. The Hall–Kier alpha value is -2.73. The SMILES string of the molecule is COC(=O)[C@@H]1Cc2cc(OC)c(OC)cc2[C@@H](c2ccc(OC)cc2)N1. The van der Waals surface area contributed by atoms with E-state index < -0.39 is 6.04 Å². The molecule has 2 atom stereocenters. The van der Waals surface area contributed by atoms with Gasteiger partial charge in [0, 0.05) is 0 Å². The average Bonchev–Trinajstić information content (AvgIpc) is 2.71. The molecule has 6 nitrogen and oxygen atoms in total. The van der Waals surface area contributed by atoms with Crippen molar-refractivity contribution in [3.8, 4) is 17.2 Å². The maximum atomic E-state index is 12.2. The second kappa shape index (κ2) is 7.66. The Bertz CT molecular complexity index is 788. The van der Waals surface area contributed by atoms with Crippen LogP contribution in [-0.2, 0) is 16.0 Å². The number of ether oxygens (including phenoxy) is 4. The summed E-state index contributed by atoms with van der Waals surface area (Å²) in [4.78, 5) is 12.2. The summed E-state index contributed by atoms with van der Waals surface area (Å²) in [5.74, 6) is 1.79. The van der Waals surface area contributed by atoms with Crippen LogP contribution in [0.5, 0.6) is 17.2 Å². The first-order chi connectivity index (χ1) is 12.6. The van der Waals surface area contributed by atoms with Gasteiger partial charge in [-0.1, -0.05) is 12.1 Å². The first-order valence-corrected chi connectivity index (χ1v) is 8.33. The van der Waals surface area contributed by atoms with Gasteiger partial charge in [-0.05, 0) is 47.4 Å². The number of nitrogens with one attached hydrogen (secondary N) is 1. The van der Waals surface area contributed by atoms with Crippen molar-refractivity contribution in [2.45, 2.75) is 18.5 Å². The van der Waals surface area contributed by atoms with Crippen molar-refractivity contribution >= 4 is 5.97 Å². The third kappa shape index (κ3) is 3.32. The van der Waals surface area contributed by atoms with Crippen molar-refractivity contribution < 1.29 is 23.7 Å². The highest BCUT2D eigenvalue weighted by Gasteiger charge is 2.33. The molecule has 0 amide bonds. The molecule has 26 heavy (non-hydrogen) atoms. The maximum Gasteiger partial charge on any atom is 0.323 e. The standard InChI is InChI=1S/C20H23NO5/c1-23-14-7-5-12(6-8-14)19-15-11-18(25-3)17(24-2)10-13(15)9-16(21-19)20(22)26-4/h5-8,10-11,16,19,21H,9H2,1-4H3/t16-,19+/m0/s1. The summed E-state index contributed by atoms with van der Waals surface area (Å²) in [5.41, 5.74) is 3.10. The van der Waals surface area contributed by atoms with E-state index in [0.717, 1.165) is 22.4 Å². The molecule has 1 aliphatic rings. The molecular weight excluding hydrogens is 334 g/mol. The van der Waals surface area contributed by atoms with Gasteiger partial charge in [0.25, 0.3) is 0 Å². The first-order valence-electron chi connectivity index (χ1n) is 8.33. The van der Waals surface area contributed by atoms with E-state index in [1.165, 1.54) is 7.11 Å². The molecule has 0 spiro atoms. The molecule has 0 fully saturated rings. The topological polar surface area (TPSA) is 66.0 Å². The predicted molar refractivity (Wildman–Crippen MR) is 97.0 cm³/mol. The fourth-order valence-corrected chi connectivity index (χ4v) is 3.32. The van der Waals surface area contributed by atoms with Crippen LogP contribution in [-0.4, -0.2) is 40.5 Å². The molecule has 1 N–H and O–H groups in total. The minimum absolute atomic E-state index is 0.173. The highest BCUT2D eigenvalue weighted by Crippen LogP contribution is 2.38. The van der Waals surface area contributed by atoms with Gasteiger partial charge in [0.1, 0.15) is 11.8 Å². The van der Waals surface area contributed by atoms with E-state index in [0.29, 0.717) is 17.9 Å². The van der Waals surface area contributed by atoms with Gasteiger partial charge in [-0.2, -0.15) is 0 Å².